The number of rotatable bonds is 4. The summed E-state index contributed by atoms with van der Waals surface area (Å²) in [5.74, 6) is 0.230. The summed E-state index contributed by atoms with van der Waals surface area (Å²) < 4.78 is 5.06. The van der Waals surface area contributed by atoms with E-state index in [0.29, 0.717) is 29.3 Å². The Balaban J connectivity index is 2.20. The fourth-order valence-corrected chi connectivity index (χ4v) is 2.81. The molecule has 0 saturated heterocycles. The molecule has 2 atom stereocenters. The van der Waals surface area contributed by atoms with E-state index in [1.54, 1.807) is 13.0 Å². The normalized spacial score (nSPS) is 22.4. The monoisotopic (exact) mass is 296 g/mol. The maximum Gasteiger partial charge on any atom is 0.341 e. The summed E-state index contributed by atoms with van der Waals surface area (Å²) in [6, 6.07) is 2.07. The van der Waals surface area contributed by atoms with Crippen LogP contribution in [0.4, 0.5) is 5.69 Å². The Morgan fingerprint density at radius 2 is 2.25 bits per heavy atom. The van der Waals surface area contributed by atoms with Crippen molar-refractivity contribution in [2.45, 2.75) is 45.6 Å². The Labute approximate surface area is 124 Å². The second kappa shape index (κ2) is 6.93. The van der Waals surface area contributed by atoms with Crippen LogP contribution in [0.1, 0.15) is 49.9 Å². The molecular formula is C15H21ClN2O2. The number of carbonyl (C=O) groups excluding carboxylic acids is 1. The van der Waals surface area contributed by atoms with Gasteiger partial charge in [-0.15, -0.1) is 0 Å². The van der Waals surface area contributed by atoms with Crippen LogP contribution < -0.4 is 5.32 Å². The van der Waals surface area contributed by atoms with Crippen LogP contribution in [0.2, 0.25) is 5.15 Å². The molecule has 5 heteroatoms. The van der Waals surface area contributed by atoms with Gasteiger partial charge in [-0.05, 0) is 31.7 Å². The topological polar surface area (TPSA) is 51.2 Å². The predicted octanol–water partition coefficient (Wildman–Crippen LogP) is 3.90. The fourth-order valence-electron chi connectivity index (χ4n) is 2.65. The molecule has 1 saturated carbocycles. The Morgan fingerprint density at radius 1 is 1.50 bits per heavy atom. The number of ether oxygens (including phenoxy) is 1. The molecule has 110 valence electrons. The maximum atomic E-state index is 12.0. The maximum absolute atomic E-state index is 12.0. The quantitative estimate of drug-likeness (QED) is 0.676. The molecule has 1 aliphatic carbocycles. The fraction of sp³-hybridized carbons (Fsp3) is 0.600. The number of anilines is 1. The van der Waals surface area contributed by atoms with Gasteiger partial charge in [0, 0.05) is 12.2 Å². The van der Waals surface area contributed by atoms with Crippen LogP contribution in [-0.2, 0) is 4.74 Å². The minimum Gasteiger partial charge on any atom is -0.462 e. The highest BCUT2D eigenvalue weighted by molar-refractivity contribution is 6.29. The second-order valence-electron chi connectivity index (χ2n) is 5.29. The van der Waals surface area contributed by atoms with E-state index in [4.69, 9.17) is 16.3 Å². The van der Waals surface area contributed by atoms with Gasteiger partial charge in [0.15, 0.2) is 0 Å². The van der Waals surface area contributed by atoms with Crippen LogP contribution in [0.15, 0.2) is 12.3 Å². The number of esters is 1. The standard InChI is InChI=1S/C15H21ClN2O2/c1-3-20-15(19)11-9-17-14(16)8-13(11)18-12-7-5-4-6-10(12)2/h8-10,12H,3-7H2,1-2H3,(H,17,18)/t10-,12+/m1/s1. The molecule has 2 rings (SSSR count). The van der Waals surface area contributed by atoms with Gasteiger partial charge in [-0.1, -0.05) is 31.4 Å². The van der Waals surface area contributed by atoms with Crippen molar-refractivity contribution in [3.63, 3.8) is 0 Å². The van der Waals surface area contributed by atoms with E-state index < -0.39 is 0 Å². The van der Waals surface area contributed by atoms with Gasteiger partial charge in [-0.3, -0.25) is 0 Å². The summed E-state index contributed by atoms with van der Waals surface area (Å²) in [4.78, 5) is 15.9. The van der Waals surface area contributed by atoms with Crippen molar-refractivity contribution in [1.29, 1.82) is 0 Å². The van der Waals surface area contributed by atoms with Crippen LogP contribution >= 0.6 is 11.6 Å². The summed E-state index contributed by atoms with van der Waals surface area (Å²) in [6.07, 6.45) is 6.31. The summed E-state index contributed by atoms with van der Waals surface area (Å²) >= 11 is 5.95. The molecule has 1 aromatic rings. The molecule has 0 radical (unpaired) electrons. The van der Waals surface area contributed by atoms with Crippen LogP contribution in [-0.4, -0.2) is 23.6 Å². The average molecular weight is 297 g/mol. The molecule has 1 aromatic heterocycles. The van der Waals surface area contributed by atoms with Crippen LogP contribution in [0, 0.1) is 5.92 Å². The molecule has 1 heterocycles. The molecule has 0 unspecified atom stereocenters. The molecule has 1 N–H and O–H groups in total. The second-order valence-corrected chi connectivity index (χ2v) is 5.67. The molecule has 1 fully saturated rings. The van der Waals surface area contributed by atoms with E-state index in [0.717, 1.165) is 12.1 Å². The SMILES string of the molecule is CCOC(=O)c1cnc(Cl)cc1N[C@H]1CCCC[C@H]1C. The number of pyridine rings is 1. The summed E-state index contributed by atoms with van der Waals surface area (Å²) in [5.41, 5.74) is 1.18. The Bertz CT molecular complexity index is 479. The van der Waals surface area contributed by atoms with Gasteiger partial charge in [0.25, 0.3) is 0 Å². The average Bonchev–Trinajstić information content (AvgIpc) is 2.42. The van der Waals surface area contributed by atoms with Crippen LogP contribution in [0.3, 0.4) is 0 Å². The zero-order valence-electron chi connectivity index (χ0n) is 12.0. The van der Waals surface area contributed by atoms with E-state index in [1.807, 2.05) is 0 Å². The van der Waals surface area contributed by atoms with Gasteiger partial charge >= 0.3 is 5.97 Å². The number of hydrogen-bond acceptors (Lipinski definition) is 4. The Kier molecular flexibility index (Phi) is 5.24. The number of halogens is 1. The molecular weight excluding hydrogens is 276 g/mol. The van der Waals surface area contributed by atoms with Crippen molar-refractivity contribution in [2.24, 2.45) is 5.92 Å². The van der Waals surface area contributed by atoms with E-state index >= 15 is 0 Å². The first-order chi connectivity index (χ1) is 9.61. The molecule has 0 spiro atoms. The third kappa shape index (κ3) is 3.63. The number of carbonyl (C=O) groups is 1. The van der Waals surface area contributed by atoms with Crippen molar-refractivity contribution < 1.29 is 9.53 Å². The van der Waals surface area contributed by atoms with Gasteiger partial charge in [0.2, 0.25) is 0 Å². The number of aromatic nitrogens is 1. The smallest absolute Gasteiger partial charge is 0.341 e. The summed E-state index contributed by atoms with van der Waals surface area (Å²) in [6.45, 7) is 4.38. The largest absolute Gasteiger partial charge is 0.462 e. The lowest BCUT2D eigenvalue weighted by atomic mass is 9.86. The van der Waals surface area contributed by atoms with Crippen molar-refractivity contribution >= 4 is 23.3 Å². The first kappa shape index (κ1) is 15.1. The highest BCUT2D eigenvalue weighted by Gasteiger charge is 2.23. The van der Waals surface area contributed by atoms with Gasteiger partial charge in [0.05, 0.1) is 12.3 Å². The molecule has 1 aliphatic rings. The number of nitrogens with one attached hydrogen (secondary N) is 1. The number of nitrogens with zero attached hydrogens (tertiary/aromatic N) is 1. The highest BCUT2D eigenvalue weighted by atomic mass is 35.5. The van der Waals surface area contributed by atoms with Gasteiger partial charge in [-0.25, -0.2) is 9.78 Å². The van der Waals surface area contributed by atoms with Crippen molar-refractivity contribution in [3.05, 3.63) is 23.0 Å². The molecule has 0 bridgehead atoms. The van der Waals surface area contributed by atoms with Crippen molar-refractivity contribution in [1.82, 2.24) is 4.98 Å². The van der Waals surface area contributed by atoms with E-state index in [9.17, 15) is 4.79 Å². The minimum absolute atomic E-state index is 0.348. The Hall–Kier alpha value is -1.29. The van der Waals surface area contributed by atoms with Crippen LogP contribution in [0.25, 0.3) is 0 Å². The molecule has 20 heavy (non-hydrogen) atoms. The third-order valence-electron chi connectivity index (χ3n) is 3.82. The lowest BCUT2D eigenvalue weighted by molar-refractivity contribution is 0.0527. The van der Waals surface area contributed by atoms with E-state index in [2.05, 4.69) is 17.2 Å². The number of hydrogen-bond donors (Lipinski definition) is 1. The predicted molar refractivity (Wildman–Crippen MR) is 80.2 cm³/mol. The third-order valence-corrected chi connectivity index (χ3v) is 4.03. The zero-order chi connectivity index (χ0) is 14.5. The first-order valence-electron chi connectivity index (χ1n) is 7.21. The summed E-state index contributed by atoms with van der Waals surface area (Å²) in [5, 5.41) is 3.83. The Morgan fingerprint density at radius 3 is 2.95 bits per heavy atom. The summed E-state index contributed by atoms with van der Waals surface area (Å²) in [7, 11) is 0. The lowest BCUT2D eigenvalue weighted by Crippen LogP contribution is -2.31. The van der Waals surface area contributed by atoms with Gasteiger partial charge < -0.3 is 10.1 Å². The van der Waals surface area contributed by atoms with Gasteiger partial charge in [0.1, 0.15) is 10.7 Å². The van der Waals surface area contributed by atoms with Crippen molar-refractivity contribution in [3.8, 4) is 0 Å². The highest BCUT2D eigenvalue weighted by Crippen LogP contribution is 2.29. The van der Waals surface area contributed by atoms with Gasteiger partial charge in [-0.2, -0.15) is 0 Å². The lowest BCUT2D eigenvalue weighted by Gasteiger charge is -2.30. The van der Waals surface area contributed by atoms with Crippen molar-refractivity contribution in [2.75, 3.05) is 11.9 Å². The molecule has 0 aliphatic heterocycles. The van der Waals surface area contributed by atoms with Crippen LogP contribution in [0.5, 0.6) is 0 Å². The minimum atomic E-state index is -0.359. The zero-order valence-corrected chi connectivity index (χ0v) is 12.7. The molecule has 0 amide bonds. The van der Waals surface area contributed by atoms with E-state index in [-0.39, 0.29) is 5.97 Å². The van der Waals surface area contributed by atoms with E-state index in [1.165, 1.54) is 25.5 Å². The molecule has 4 nitrogen and oxygen atoms in total. The first-order valence-corrected chi connectivity index (χ1v) is 7.58. The molecule has 0 aromatic carbocycles.